The molecular formula is C14H11FN4O. The number of nitrogens with zero attached hydrogens (tertiary/aromatic N) is 2. The Balaban J connectivity index is 2.26. The highest BCUT2D eigenvalue weighted by Crippen LogP contribution is 2.17. The fourth-order valence-electron chi connectivity index (χ4n) is 1.64. The molecule has 0 fully saturated rings. The summed E-state index contributed by atoms with van der Waals surface area (Å²) in [5, 5.41) is 11.5. The van der Waals surface area contributed by atoms with Gasteiger partial charge in [-0.05, 0) is 30.3 Å². The molecule has 1 aromatic carbocycles. The average Bonchev–Trinajstić information content (AvgIpc) is 2.49. The first-order valence-electron chi connectivity index (χ1n) is 5.80. The van der Waals surface area contributed by atoms with Gasteiger partial charge in [0.05, 0.1) is 16.9 Å². The highest BCUT2D eigenvalue weighted by molar-refractivity contribution is 6.04. The largest absolute Gasteiger partial charge is 0.325 e. The summed E-state index contributed by atoms with van der Waals surface area (Å²) in [6.45, 7) is 0.223. The van der Waals surface area contributed by atoms with Crippen LogP contribution >= 0.6 is 0 Å². The van der Waals surface area contributed by atoms with Crippen molar-refractivity contribution in [1.29, 1.82) is 5.26 Å². The Kier molecular flexibility index (Phi) is 4.03. The first kappa shape index (κ1) is 13.6. The maximum Gasteiger partial charge on any atom is 0.255 e. The van der Waals surface area contributed by atoms with Crippen molar-refractivity contribution in [3.63, 3.8) is 0 Å². The van der Waals surface area contributed by atoms with Gasteiger partial charge < -0.3 is 11.1 Å². The number of rotatable bonds is 3. The van der Waals surface area contributed by atoms with Crippen LogP contribution in [-0.2, 0) is 6.54 Å². The molecule has 5 nitrogen and oxygen atoms in total. The predicted molar refractivity (Wildman–Crippen MR) is 71.2 cm³/mol. The van der Waals surface area contributed by atoms with Gasteiger partial charge in [-0.25, -0.2) is 4.39 Å². The molecule has 1 amide bonds. The molecule has 100 valence electrons. The van der Waals surface area contributed by atoms with Gasteiger partial charge in [-0.2, -0.15) is 5.26 Å². The third-order valence-electron chi connectivity index (χ3n) is 2.64. The molecule has 20 heavy (non-hydrogen) atoms. The summed E-state index contributed by atoms with van der Waals surface area (Å²) in [6, 6.07) is 8.50. The zero-order valence-corrected chi connectivity index (χ0v) is 10.4. The monoisotopic (exact) mass is 270 g/mol. The van der Waals surface area contributed by atoms with Gasteiger partial charge in [0.15, 0.2) is 0 Å². The molecule has 0 atom stereocenters. The standard InChI is InChI=1S/C14H11FN4O/c15-11-1-2-13(10(5-11)7-16)19-14(20)9-3-4-18-12(6-9)8-17/h1-6H,8,17H2,(H,19,20). The van der Waals surface area contributed by atoms with E-state index < -0.39 is 11.7 Å². The minimum Gasteiger partial charge on any atom is -0.325 e. The van der Waals surface area contributed by atoms with Crippen LogP contribution in [0.5, 0.6) is 0 Å². The summed E-state index contributed by atoms with van der Waals surface area (Å²) in [7, 11) is 0. The van der Waals surface area contributed by atoms with Crippen LogP contribution in [0, 0.1) is 17.1 Å². The normalized spacial score (nSPS) is 9.85. The van der Waals surface area contributed by atoms with Crippen molar-refractivity contribution in [1.82, 2.24) is 4.98 Å². The van der Waals surface area contributed by atoms with E-state index in [1.165, 1.54) is 24.4 Å². The number of anilines is 1. The molecule has 0 saturated heterocycles. The molecule has 2 aromatic rings. The lowest BCUT2D eigenvalue weighted by molar-refractivity contribution is 0.102. The van der Waals surface area contributed by atoms with Crippen molar-refractivity contribution < 1.29 is 9.18 Å². The Bertz CT molecular complexity index is 694. The number of hydrogen-bond donors (Lipinski definition) is 2. The highest BCUT2D eigenvalue weighted by atomic mass is 19.1. The second-order valence-electron chi connectivity index (χ2n) is 4.00. The first-order chi connectivity index (χ1) is 9.63. The molecule has 3 N–H and O–H groups in total. The third-order valence-corrected chi connectivity index (χ3v) is 2.64. The maximum atomic E-state index is 13.0. The number of nitrogens with two attached hydrogens (primary N) is 1. The number of pyridine rings is 1. The fraction of sp³-hybridized carbons (Fsp3) is 0.0714. The number of benzene rings is 1. The van der Waals surface area contributed by atoms with Gasteiger partial charge >= 0.3 is 0 Å². The number of carbonyl (C=O) groups is 1. The number of aromatic nitrogens is 1. The number of amides is 1. The van der Waals surface area contributed by atoms with Gasteiger partial charge in [0, 0.05) is 18.3 Å². The summed E-state index contributed by atoms with van der Waals surface area (Å²) < 4.78 is 13.0. The van der Waals surface area contributed by atoms with E-state index in [1.54, 1.807) is 6.07 Å². The molecule has 0 aliphatic rings. The van der Waals surface area contributed by atoms with Crippen LogP contribution in [0.15, 0.2) is 36.5 Å². The lowest BCUT2D eigenvalue weighted by Gasteiger charge is -2.07. The molecule has 6 heteroatoms. The van der Waals surface area contributed by atoms with Crippen molar-refractivity contribution >= 4 is 11.6 Å². The fourth-order valence-corrected chi connectivity index (χ4v) is 1.64. The summed E-state index contributed by atoms with van der Waals surface area (Å²) in [6.07, 6.45) is 1.48. The summed E-state index contributed by atoms with van der Waals surface area (Å²) >= 11 is 0. The number of halogens is 1. The molecule has 0 aliphatic carbocycles. The lowest BCUT2D eigenvalue weighted by Crippen LogP contribution is -2.14. The van der Waals surface area contributed by atoms with E-state index in [9.17, 15) is 9.18 Å². The molecular weight excluding hydrogens is 259 g/mol. The zero-order valence-electron chi connectivity index (χ0n) is 10.4. The molecule has 0 spiro atoms. The number of hydrogen-bond acceptors (Lipinski definition) is 4. The van der Waals surface area contributed by atoms with Gasteiger partial charge in [-0.1, -0.05) is 0 Å². The van der Waals surface area contributed by atoms with E-state index in [0.29, 0.717) is 11.3 Å². The van der Waals surface area contributed by atoms with Crippen LogP contribution in [0.1, 0.15) is 21.6 Å². The molecule has 1 aromatic heterocycles. The van der Waals surface area contributed by atoms with Crippen molar-refractivity contribution in [2.45, 2.75) is 6.54 Å². The zero-order chi connectivity index (χ0) is 14.5. The van der Waals surface area contributed by atoms with Gasteiger partial charge in [0.2, 0.25) is 0 Å². The minimum absolute atomic E-state index is 0.0615. The Morgan fingerprint density at radius 3 is 2.90 bits per heavy atom. The van der Waals surface area contributed by atoms with E-state index in [2.05, 4.69) is 10.3 Å². The second-order valence-corrected chi connectivity index (χ2v) is 4.00. The molecule has 0 saturated carbocycles. The molecule has 0 unspecified atom stereocenters. The molecule has 0 radical (unpaired) electrons. The Morgan fingerprint density at radius 1 is 1.40 bits per heavy atom. The van der Waals surface area contributed by atoms with Crippen LogP contribution in [0.4, 0.5) is 10.1 Å². The molecule has 2 rings (SSSR count). The third kappa shape index (κ3) is 2.96. The topological polar surface area (TPSA) is 91.8 Å². The van der Waals surface area contributed by atoms with Gasteiger partial charge in [-0.3, -0.25) is 9.78 Å². The Morgan fingerprint density at radius 2 is 2.20 bits per heavy atom. The first-order valence-corrected chi connectivity index (χ1v) is 5.80. The van der Waals surface area contributed by atoms with Crippen LogP contribution in [-0.4, -0.2) is 10.9 Å². The van der Waals surface area contributed by atoms with Crippen molar-refractivity contribution in [2.24, 2.45) is 5.73 Å². The lowest BCUT2D eigenvalue weighted by atomic mass is 10.1. The van der Waals surface area contributed by atoms with E-state index in [0.717, 1.165) is 6.07 Å². The molecule has 1 heterocycles. The van der Waals surface area contributed by atoms with Crippen LogP contribution in [0.2, 0.25) is 0 Å². The van der Waals surface area contributed by atoms with Crippen molar-refractivity contribution in [2.75, 3.05) is 5.32 Å². The summed E-state index contributed by atoms with van der Waals surface area (Å²) in [5.41, 5.74) is 6.72. The van der Waals surface area contributed by atoms with E-state index in [-0.39, 0.29) is 17.8 Å². The number of nitriles is 1. The van der Waals surface area contributed by atoms with E-state index in [1.807, 2.05) is 6.07 Å². The van der Waals surface area contributed by atoms with E-state index >= 15 is 0 Å². The smallest absolute Gasteiger partial charge is 0.255 e. The van der Waals surface area contributed by atoms with Crippen LogP contribution in [0.25, 0.3) is 0 Å². The summed E-state index contributed by atoms with van der Waals surface area (Å²) in [4.78, 5) is 16.0. The van der Waals surface area contributed by atoms with E-state index in [4.69, 9.17) is 11.0 Å². The Hall–Kier alpha value is -2.78. The predicted octanol–water partition coefficient (Wildman–Crippen LogP) is 1.80. The number of carbonyl (C=O) groups excluding carboxylic acids is 1. The average molecular weight is 270 g/mol. The second kappa shape index (κ2) is 5.91. The van der Waals surface area contributed by atoms with Gasteiger partial charge in [0.1, 0.15) is 11.9 Å². The van der Waals surface area contributed by atoms with Crippen LogP contribution < -0.4 is 11.1 Å². The Labute approximate surface area is 114 Å². The van der Waals surface area contributed by atoms with Crippen molar-refractivity contribution in [3.8, 4) is 6.07 Å². The number of nitrogens with one attached hydrogen (secondary N) is 1. The van der Waals surface area contributed by atoms with Crippen LogP contribution in [0.3, 0.4) is 0 Å². The summed E-state index contributed by atoms with van der Waals surface area (Å²) in [5.74, 6) is -0.945. The van der Waals surface area contributed by atoms with Gasteiger partial charge in [0.25, 0.3) is 5.91 Å². The minimum atomic E-state index is -0.533. The molecule has 0 aliphatic heterocycles. The maximum absolute atomic E-state index is 13.0. The quantitative estimate of drug-likeness (QED) is 0.889. The highest BCUT2D eigenvalue weighted by Gasteiger charge is 2.10. The molecule has 0 bridgehead atoms. The van der Waals surface area contributed by atoms with Gasteiger partial charge in [-0.15, -0.1) is 0 Å². The SMILES string of the molecule is N#Cc1cc(F)ccc1NC(=O)c1ccnc(CN)c1. The van der Waals surface area contributed by atoms with Crippen molar-refractivity contribution in [3.05, 3.63) is 59.2 Å².